The van der Waals surface area contributed by atoms with Gasteiger partial charge in [-0.2, -0.15) is 4.58 Å². The molecule has 0 fully saturated rings. The highest BCUT2D eigenvalue weighted by Crippen LogP contribution is 2.34. The van der Waals surface area contributed by atoms with Crippen molar-refractivity contribution in [3.63, 3.8) is 0 Å². The van der Waals surface area contributed by atoms with Crippen molar-refractivity contribution in [1.29, 1.82) is 0 Å². The van der Waals surface area contributed by atoms with Crippen LogP contribution in [-0.4, -0.2) is 17.5 Å². The van der Waals surface area contributed by atoms with Crippen LogP contribution in [0.3, 0.4) is 0 Å². The SMILES string of the molecule is Cc1cc(Sc2ccccc2)cc2c1OC[N+](c1ccccc1)=C2. The molecular formula is C21H18NOS+. The zero-order chi connectivity index (χ0) is 16.4. The fraction of sp³-hybridized carbons (Fsp3) is 0.0952. The molecule has 0 aromatic heterocycles. The maximum absolute atomic E-state index is 6.01. The first-order valence-electron chi connectivity index (χ1n) is 7.96. The molecule has 0 atom stereocenters. The van der Waals surface area contributed by atoms with Gasteiger partial charge in [0.1, 0.15) is 5.75 Å². The Kier molecular flexibility index (Phi) is 4.09. The summed E-state index contributed by atoms with van der Waals surface area (Å²) in [5.41, 5.74) is 3.44. The van der Waals surface area contributed by atoms with Crippen molar-refractivity contribution >= 4 is 23.7 Å². The molecule has 1 heterocycles. The minimum absolute atomic E-state index is 0.545. The Hall–Kier alpha value is -2.52. The summed E-state index contributed by atoms with van der Waals surface area (Å²) in [6.45, 7) is 2.66. The summed E-state index contributed by atoms with van der Waals surface area (Å²) in [6.07, 6.45) is 2.18. The fourth-order valence-electron chi connectivity index (χ4n) is 2.85. The first kappa shape index (κ1) is 15.0. The molecule has 1 aliphatic rings. The van der Waals surface area contributed by atoms with Crippen LogP contribution >= 0.6 is 11.8 Å². The predicted molar refractivity (Wildman–Crippen MR) is 98.8 cm³/mol. The van der Waals surface area contributed by atoms with Gasteiger partial charge in [0.2, 0.25) is 5.69 Å². The Bertz CT molecular complexity index is 888. The van der Waals surface area contributed by atoms with Crippen molar-refractivity contribution in [2.75, 3.05) is 6.73 Å². The van der Waals surface area contributed by atoms with E-state index in [9.17, 15) is 0 Å². The largest absolute Gasteiger partial charge is 0.435 e. The predicted octanol–water partition coefficient (Wildman–Crippen LogP) is 5.26. The van der Waals surface area contributed by atoms with E-state index in [2.05, 4.69) is 66.2 Å². The highest BCUT2D eigenvalue weighted by Gasteiger charge is 2.21. The average Bonchev–Trinajstić information content (AvgIpc) is 2.63. The fourth-order valence-corrected chi connectivity index (χ4v) is 3.84. The molecule has 0 aliphatic carbocycles. The van der Waals surface area contributed by atoms with Gasteiger partial charge in [0.15, 0.2) is 6.21 Å². The summed E-state index contributed by atoms with van der Waals surface area (Å²) in [5, 5.41) is 0. The normalized spacial score (nSPS) is 13.0. The van der Waals surface area contributed by atoms with Crippen LogP contribution in [0.4, 0.5) is 5.69 Å². The summed E-state index contributed by atoms with van der Waals surface area (Å²) >= 11 is 1.78. The van der Waals surface area contributed by atoms with E-state index in [1.807, 2.05) is 24.3 Å². The van der Waals surface area contributed by atoms with Gasteiger partial charge >= 0.3 is 0 Å². The second-order valence-electron chi connectivity index (χ2n) is 5.78. The van der Waals surface area contributed by atoms with Gasteiger partial charge in [0.25, 0.3) is 6.73 Å². The van der Waals surface area contributed by atoms with Gasteiger partial charge in [-0.1, -0.05) is 48.2 Å². The van der Waals surface area contributed by atoms with Crippen LogP contribution in [0.2, 0.25) is 0 Å². The molecule has 118 valence electrons. The summed E-state index contributed by atoms with van der Waals surface area (Å²) in [6, 6.07) is 25.2. The molecule has 24 heavy (non-hydrogen) atoms. The van der Waals surface area contributed by atoms with Crippen LogP contribution in [0.5, 0.6) is 5.75 Å². The number of rotatable bonds is 3. The first-order chi connectivity index (χ1) is 11.8. The van der Waals surface area contributed by atoms with Gasteiger partial charge in [0, 0.05) is 21.9 Å². The van der Waals surface area contributed by atoms with Crippen molar-refractivity contribution in [2.24, 2.45) is 0 Å². The van der Waals surface area contributed by atoms with Crippen LogP contribution in [0.15, 0.2) is 82.6 Å². The standard InChI is InChI=1S/C21H18NOS/c1-16-12-20(24-19-10-6-3-7-11-19)13-17-14-22(15-23-21(16)17)18-8-4-2-5-9-18/h2-14H,15H2,1H3/q+1. The molecule has 0 saturated heterocycles. The molecule has 0 amide bonds. The molecule has 3 aromatic carbocycles. The van der Waals surface area contributed by atoms with Crippen LogP contribution in [0, 0.1) is 6.92 Å². The van der Waals surface area contributed by atoms with Crippen molar-refractivity contribution < 1.29 is 9.31 Å². The molecule has 3 aromatic rings. The van der Waals surface area contributed by atoms with Crippen molar-refractivity contribution in [3.8, 4) is 5.75 Å². The van der Waals surface area contributed by atoms with Gasteiger partial charge in [-0.3, -0.25) is 0 Å². The number of ether oxygens (including phenoxy) is 1. The lowest BCUT2D eigenvalue weighted by atomic mass is 10.1. The van der Waals surface area contributed by atoms with Gasteiger partial charge in [-0.15, -0.1) is 0 Å². The minimum Gasteiger partial charge on any atom is -0.435 e. The van der Waals surface area contributed by atoms with Gasteiger partial charge in [0.05, 0.1) is 5.56 Å². The molecule has 2 nitrogen and oxygen atoms in total. The van der Waals surface area contributed by atoms with Crippen LogP contribution in [0.25, 0.3) is 0 Å². The quantitative estimate of drug-likeness (QED) is 0.607. The Balaban J connectivity index is 1.71. The van der Waals surface area contributed by atoms with Crippen LogP contribution in [0.1, 0.15) is 11.1 Å². The minimum atomic E-state index is 0.545. The second-order valence-corrected chi connectivity index (χ2v) is 6.93. The van der Waals surface area contributed by atoms with E-state index in [1.165, 1.54) is 15.4 Å². The smallest absolute Gasteiger partial charge is 0.292 e. The van der Waals surface area contributed by atoms with E-state index < -0.39 is 0 Å². The number of aryl methyl sites for hydroxylation is 1. The van der Waals surface area contributed by atoms with E-state index in [-0.39, 0.29) is 0 Å². The van der Waals surface area contributed by atoms with Crippen molar-refractivity contribution in [3.05, 3.63) is 83.9 Å². The van der Waals surface area contributed by atoms with Gasteiger partial charge < -0.3 is 4.74 Å². The lowest BCUT2D eigenvalue weighted by Crippen LogP contribution is -2.21. The highest BCUT2D eigenvalue weighted by molar-refractivity contribution is 7.99. The molecule has 0 radical (unpaired) electrons. The van der Waals surface area contributed by atoms with Crippen LogP contribution in [-0.2, 0) is 0 Å². The Morgan fingerprint density at radius 2 is 1.58 bits per heavy atom. The Morgan fingerprint density at radius 1 is 0.875 bits per heavy atom. The second kappa shape index (κ2) is 6.54. The average molecular weight is 332 g/mol. The number of para-hydroxylation sites is 1. The monoisotopic (exact) mass is 332 g/mol. The van der Waals surface area contributed by atoms with E-state index in [0.29, 0.717) is 6.73 Å². The zero-order valence-electron chi connectivity index (χ0n) is 13.5. The number of hydrogen-bond donors (Lipinski definition) is 0. The summed E-state index contributed by atoms with van der Waals surface area (Å²) in [4.78, 5) is 2.47. The van der Waals surface area contributed by atoms with Crippen molar-refractivity contribution in [2.45, 2.75) is 16.7 Å². The third kappa shape index (κ3) is 3.08. The third-order valence-corrected chi connectivity index (χ3v) is 4.97. The summed E-state index contributed by atoms with van der Waals surface area (Å²) in [5.74, 6) is 0.986. The van der Waals surface area contributed by atoms with E-state index in [0.717, 1.165) is 17.0 Å². The molecule has 0 spiro atoms. The van der Waals surface area contributed by atoms with Gasteiger partial charge in [-0.05, 0) is 36.8 Å². The molecule has 0 N–H and O–H groups in total. The number of nitrogens with zero attached hydrogens (tertiary/aromatic N) is 1. The first-order valence-corrected chi connectivity index (χ1v) is 8.78. The number of fused-ring (bicyclic) bond motifs is 1. The summed E-state index contributed by atoms with van der Waals surface area (Å²) in [7, 11) is 0. The zero-order valence-corrected chi connectivity index (χ0v) is 14.3. The molecule has 4 rings (SSSR count). The molecule has 0 saturated carbocycles. The van der Waals surface area contributed by atoms with E-state index in [1.54, 1.807) is 11.8 Å². The maximum Gasteiger partial charge on any atom is 0.292 e. The Morgan fingerprint density at radius 3 is 2.33 bits per heavy atom. The lowest BCUT2D eigenvalue weighted by Gasteiger charge is -2.17. The topological polar surface area (TPSA) is 12.2 Å². The Labute approximate surface area is 146 Å². The lowest BCUT2D eigenvalue weighted by molar-refractivity contribution is -0.476. The van der Waals surface area contributed by atoms with Crippen molar-refractivity contribution in [1.82, 2.24) is 0 Å². The van der Waals surface area contributed by atoms with Gasteiger partial charge in [-0.25, -0.2) is 0 Å². The van der Waals surface area contributed by atoms with E-state index >= 15 is 0 Å². The number of benzene rings is 3. The molecular weight excluding hydrogens is 314 g/mol. The summed E-state index contributed by atoms with van der Waals surface area (Å²) < 4.78 is 8.15. The molecule has 3 heteroatoms. The molecule has 1 aliphatic heterocycles. The molecule has 0 unspecified atom stereocenters. The molecule has 0 bridgehead atoms. The third-order valence-electron chi connectivity index (χ3n) is 3.99. The maximum atomic E-state index is 6.01. The highest BCUT2D eigenvalue weighted by atomic mass is 32.2. The van der Waals surface area contributed by atoms with E-state index in [4.69, 9.17) is 4.74 Å². The van der Waals surface area contributed by atoms with Crippen LogP contribution < -0.4 is 4.74 Å². The number of hydrogen-bond acceptors (Lipinski definition) is 2.